The number of amides is 2. The van der Waals surface area contributed by atoms with Crippen LogP contribution in [0.1, 0.15) is 12.0 Å². The van der Waals surface area contributed by atoms with E-state index in [2.05, 4.69) is 10.3 Å². The van der Waals surface area contributed by atoms with Gasteiger partial charge in [0.15, 0.2) is 0 Å². The van der Waals surface area contributed by atoms with Crippen LogP contribution in [0.4, 0.5) is 5.69 Å². The van der Waals surface area contributed by atoms with Crippen LogP contribution in [0.5, 0.6) is 5.75 Å². The topological polar surface area (TPSA) is 74.4 Å². The summed E-state index contributed by atoms with van der Waals surface area (Å²) in [6.07, 6.45) is 2.83. The highest BCUT2D eigenvalue weighted by atomic mass is 35.5. The van der Waals surface area contributed by atoms with Gasteiger partial charge < -0.3 is 15.0 Å². The highest BCUT2D eigenvalue weighted by Crippen LogP contribution is 2.26. The number of carbonyl (C=O) groups excluding carboxylic acids is 2. The Kier molecular flexibility index (Phi) is 5.07. The van der Waals surface area contributed by atoms with Crippen molar-refractivity contribution < 1.29 is 14.3 Å². The minimum atomic E-state index is -0.511. The van der Waals surface area contributed by atoms with Crippen molar-refractivity contribution in [2.45, 2.75) is 18.9 Å². The lowest BCUT2D eigenvalue weighted by atomic mass is 10.1. The zero-order valence-electron chi connectivity index (χ0n) is 15.4. The largest absolute Gasteiger partial charge is 0.497 e. The van der Waals surface area contributed by atoms with Gasteiger partial charge in [0.25, 0.3) is 5.91 Å². The van der Waals surface area contributed by atoms with Crippen molar-refractivity contribution in [1.82, 2.24) is 10.3 Å². The number of nitrogens with one attached hydrogen (secondary N) is 2. The van der Waals surface area contributed by atoms with Gasteiger partial charge in [-0.2, -0.15) is 0 Å². The number of hydrogen-bond donors (Lipinski definition) is 2. The number of halogens is 1. The summed E-state index contributed by atoms with van der Waals surface area (Å²) < 4.78 is 5.12. The average Bonchev–Trinajstić information content (AvgIpc) is 3.22. The summed E-state index contributed by atoms with van der Waals surface area (Å²) in [5, 5.41) is 4.98. The molecule has 2 amide bonds. The molecule has 1 aliphatic heterocycles. The second-order valence-corrected chi connectivity index (χ2v) is 7.17. The number of hydrogen-bond acceptors (Lipinski definition) is 4. The number of aromatic amines is 1. The van der Waals surface area contributed by atoms with E-state index < -0.39 is 6.04 Å². The van der Waals surface area contributed by atoms with Crippen LogP contribution < -0.4 is 15.0 Å². The molecule has 0 spiro atoms. The quantitative estimate of drug-likeness (QED) is 0.626. The number of imide groups is 1. The maximum atomic E-state index is 12.7. The smallest absolute Gasteiger partial charge is 0.251 e. The molecule has 0 saturated carbocycles. The Morgan fingerprint density at radius 1 is 1.21 bits per heavy atom. The van der Waals surface area contributed by atoms with Gasteiger partial charge in [0.1, 0.15) is 5.75 Å². The first-order valence-corrected chi connectivity index (χ1v) is 9.44. The van der Waals surface area contributed by atoms with Gasteiger partial charge >= 0.3 is 0 Å². The van der Waals surface area contributed by atoms with E-state index in [4.69, 9.17) is 16.3 Å². The fraction of sp³-hybridized carbons (Fsp3) is 0.238. The van der Waals surface area contributed by atoms with E-state index >= 15 is 0 Å². The molecule has 0 aliphatic carbocycles. The zero-order valence-corrected chi connectivity index (χ0v) is 16.1. The Labute approximate surface area is 167 Å². The van der Waals surface area contributed by atoms with Gasteiger partial charge in [-0.1, -0.05) is 11.6 Å². The van der Waals surface area contributed by atoms with Crippen molar-refractivity contribution in [2.24, 2.45) is 0 Å². The highest BCUT2D eigenvalue weighted by Gasteiger charge is 2.39. The summed E-state index contributed by atoms with van der Waals surface area (Å²) in [7, 11) is 1.57. The number of benzene rings is 2. The second kappa shape index (κ2) is 7.66. The number of carbonyl (C=O) groups is 2. The number of methoxy groups -OCH3 is 1. The normalized spacial score (nSPS) is 16.9. The van der Waals surface area contributed by atoms with Crippen molar-refractivity contribution >= 4 is 40.0 Å². The van der Waals surface area contributed by atoms with Crippen LogP contribution in [0, 0.1) is 0 Å². The van der Waals surface area contributed by atoms with Crippen LogP contribution in [0.15, 0.2) is 48.7 Å². The van der Waals surface area contributed by atoms with Gasteiger partial charge in [-0.25, -0.2) is 4.90 Å². The van der Waals surface area contributed by atoms with E-state index in [0.29, 0.717) is 23.0 Å². The molecule has 3 aromatic rings. The fourth-order valence-corrected chi connectivity index (χ4v) is 3.70. The Bertz CT molecular complexity index is 1030. The number of anilines is 1. The Hall–Kier alpha value is -2.83. The van der Waals surface area contributed by atoms with Crippen molar-refractivity contribution in [3.8, 4) is 5.75 Å². The standard InChI is InChI=1S/C21H20ClN3O3/c1-28-16-5-3-15(4-6-16)25-20(26)11-19(21(25)27)23-9-8-13-12-24-18-7-2-14(22)10-17(13)18/h2-7,10,12,19,23-24H,8-9,11H2,1H3/t19-/m0/s1. The fourth-order valence-electron chi connectivity index (χ4n) is 3.53. The lowest BCUT2D eigenvalue weighted by molar-refractivity contribution is -0.121. The van der Waals surface area contributed by atoms with E-state index in [0.717, 1.165) is 22.9 Å². The summed E-state index contributed by atoms with van der Waals surface area (Å²) in [6.45, 7) is 0.583. The maximum Gasteiger partial charge on any atom is 0.251 e. The molecule has 6 nitrogen and oxygen atoms in total. The first-order valence-electron chi connectivity index (χ1n) is 9.06. The third-order valence-electron chi connectivity index (χ3n) is 4.99. The maximum absolute atomic E-state index is 12.7. The lowest BCUT2D eigenvalue weighted by Gasteiger charge is -2.16. The average molecular weight is 398 g/mol. The molecule has 1 atom stereocenters. The molecular weight excluding hydrogens is 378 g/mol. The van der Waals surface area contributed by atoms with E-state index in [1.165, 1.54) is 4.90 Å². The van der Waals surface area contributed by atoms with E-state index in [1.54, 1.807) is 31.4 Å². The van der Waals surface area contributed by atoms with Crippen molar-refractivity contribution in [2.75, 3.05) is 18.6 Å². The number of fused-ring (bicyclic) bond motifs is 1. The van der Waals surface area contributed by atoms with Crippen LogP contribution in [0.3, 0.4) is 0 Å². The number of H-pyrrole nitrogens is 1. The summed E-state index contributed by atoms with van der Waals surface area (Å²) in [5.41, 5.74) is 2.71. The summed E-state index contributed by atoms with van der Waals surface area (Å²) in [6, 6.07) is 12.1. The minimum Gasteiger partial charge on any atom is -0.497 e. The third kappa shape index (κ3) is 3.48. The number of nitrogens with zero attached hydrogens (tertiary/aromatic N) is 1. The van der Waals surface area contributed by atoms with E-state index in [1.807, 2.05) is 24.4 Å². The highest BCUT2D eigenvalue weighted by molar-refractivity contribution is 6.31. The van der Waals surface area contributed by atoms with Gasteiger partial charge in [0.2, 0.25) is 5.91 Å². The summed E-state index contributed by atoms with van der Waals surface area (Å²) in [5.74, 6) is 0.250. The molecule has 7 heteroatoms. The predicted octanol–water partition coefficient (Wildman–Crippen LogP) is 3.29. The summed E-state index contributed by atoms with van der Waals surface area (Å²) >= 11 is 6.09. The Morgan fingerprint density at radius 2 is 2.00 bits per heavy atom. The van der Waals surface area contributed by atoms with E-state index in [9.17, 15) is 9.59 Å². The minimum absolute atomic E-state index is 0.157. The Balaban J connectivity index is 1.40. The molecule has 1 saturated heterocycles. The molecule has 2 N–H and O–H groups in total. The molecule has 2 heterocycles. The van der Waals surface area contributed by atoms with Gasteiger partial charge in [-0.05, 0) is 54.4 Å². The van der Waals surface area contributed by atoms with Crippen molar-refractivity contribution in [1.29, 1.82) is 0 Å². The number of rotatable bonds is 6. The van der Waals surface area contributed by atoms with Crippen LogP contribution in [-0.4, -0.2) is 36.5 Å². The van der Waals surface area contributed by atoms with Gasteiger partial charge in [-0.3, -0.25) is 9.59 Å². The zero-order chi connectivity index (χ0) is 19.7. The molecule has 144 valence electrons. The molecule has 0 bridgehead atoms. The Morgan fingerprint density at radius 3 is 2.75 bits per heavy atom. The number of ether oxygens (including phenoxy) is 1. The molecular formula is C21H20ClN3O3. The molecule has 2 aromatic carbocycles. The summed E-state index contributed by atoms with van der Waals surface area (Å²) in [4.78, 5) is 29.5. The van der Waals surface area contributed by atoms with Gasteiger partial charge in [0, 0.05) is 28.7 Å². The third-order valence-corrected chi connectivity index (χ3v) is 5.23. The van der Waals surface area contributed by atoms with Crippen molar-refractivity contribution in [3.05, 3.63) is 59.2 Å². The lowest BCUT2D eigenvalue weighted by Crippen LogP contribution is -2.39. The molecule has 4 rings (SSSR count). The first kappa shape index (κ1) is 18.5. The molecule has 1 aliphatic rings. The monoisotopic (exact) mass is 397 g/mol. The predicted molar refractivity (Wildman–Crippen MR) is 109 cm³/mol. The first-order chi connectivity index (χ1) is 13.6. The molecule has 0 radical (unpaired) electrons. The molecule has 0 unspecified atom stereocenters. The van der Waals surface area contributed by atoms with Crippen LogP contribution in [-0.2, 0) is 16.0 Å². The van der Waals surface area contributed by atoms with Crippen LogP contribution in [0.2, 0.25) is 5.02 Å². The number of aromatic nitrogens is 1. The van der Waals surface area contributed by atoms with E-state index in [-0.39, 0.29) is 18.2 Å². The van der Waals surface area contributed by atoms with Crippen LogP contribution >= 0.6 is 11.6 Å². The van der Waals surface area contributed by atoms with Crippen LogP contribution in [0.25, 0.3) is 10.9 Å². The molecule has 28 heavy (non-hydrogen) atoms. The van der Waals surface area contributed by atoms with Gasteiger partial charge in [-0.15, -0.1) is 0 Å². The van der Waals surface area contributed by atoms with Crippen molar-refractivity contribution in [3.63, 3.8) is 0 Å². The van der Waals surface area contributed by atoms with Gasteiger partial charge in [0.05, 0.1) is 25.3 Å². The second-order valence-electron chi connectivity index (χ2n) is 6.73. The molecule has 1 fully saturated rings. The SMILES string of the molecule is COc1ccc(N2C(=O)C[C@H](NCCc3c[nH]c4ccc(Cl)cc34)C2=O)cc1. The molecule has 1 aromatic heterocycles.